The lowest BCUT2D eigenvalue weighted by molar-refractivity contribution is 0.0599. The predicted molar refractivity (Wildman–Crippen MR) is 100 cm³/mol. The zero-order chi connectivity index (χ0) is 19.0. The molecule has 2 aromatic carbocycles. The summed E-state index contributed by atoms with van der Waals surface area (Å²) in [6.45, 7) is 5.69. The molecule has 2 aromatic rings. The number of nitrogens with zero attached hydrogens (tertiary/aromatic N) is 2. The second-order valence-corrected chi connectivity index (χ2v) is 6.67. The molecular formula is C21H22N2O3. The van der Waals surface area contributed by atoms with E-state index >= 15 is 0 Å². The van der Waals surface area contributed by atoms with Gasteiger partial charge in [-0.1, -0.05) is 30.3 Å². The second kappa shape index (κ2) is 8.82. The van der Waals surface area contributed by atoms with E-state index in [9.17, 15) is 4.79 Å². The summed E-state index contributed by atoms with van der Waals surface area (Å²) in [5.41, 5.74) is 1.63. The lowest BCUT2D eigenvalue weighted by atomic mass is 10.1. The van der Waals surface area contributed by atoms with Gasteiger partial charge in [-0.3, -0.25) is 0 Å². The van der Waals surface area contributed by atoms with Gasteiger partial charge >= 0.3 is 6.09 Å². The van der Waals surface area contributed by atoms with Gasteiger partial charge in [-0.25, -0.2) is 4.79 Å². The number of amides is 1. The van der Waals surface area contributed by atoms with Gasteiger partial charge in [0.15, 0.2) is 0 Å². The number of ether oxygens (including phenoxy) is 2. The highest BCUT2D eigenvalue weighted by molar-refractivity contribution is 6.00. The van der Waals surface area contributed by atoms with Crippen molar-refractivity contribution in [1.29, 1.82) is 5.26 Å². The molecule has 0 atom stereocenters. The normalized spacial score (nSPS) is 11.5. The van der Waals surface area contributed by atoms with Crippen molar-refractivity contribution < 1.29 is 14.3 Å². The smallest absolute Gasteiger partial charge is 0.437 e. The van der Waals surface area contributed by atoms with Crippen molar-refractivity contribution in [2.75, 3.05) is 6.61 Å². The molecule has 0 aliphatic carbocycles. The number of hydrogen-bond acceptors (Lipinski definition) is 4. The molecule has 0 saturated heterocycles. The van der Waals surface area contributed by atoms with Crippen LogP contribution in [0.1, 0.15) is 37.5 Å². The van der Waals surface area contributed by atoms with Gasteiger partial charge in [0, 0.05) is 12.0 Å². The molecule has 0 saturated carbocycles. The highest BCUT2D eigenvalue weighted by atomic mass is 16.6. The third kappa shape index (κ3) is 6.40. The van der Waals surface area contributed by atoms with Crippen LogP contribution in [0, 0.1) is 11.3 Å². The van der Waals surface area contributed by atoms with E-state index in [0.29, 0.717) is 24.2 Å². The molecule has 0 aliphatic heterocycles. The summed E-state index contributed by atoms with van der Waals surface area (Å²) in [6, 6.07) is 18.7. The molecule has 0 radical (unpaired) electrons. The van der Waals surface area contributed by atoms with Crippen molar-refractivity contribution in [2.45, 2.75) is 32.8 Å². The van der Waals surface area contributed by atoms with Crippen molar-refractivity contribution >= 4 is 12.0 Å². The zero-order valence-corrected chi connectivity index (χ0v) is 15.2. The molecule has 0 unspecified atom stereocenters. The summed E-state index contributed by atoms with van der Waals surface area (Å²) in [5.74, 6) is 0.180. The highest BCUT2D eigenvalue weighted by Gasteiger charge is 2.17. The van der Waals surface area contributed by atoms with E-state index in [0.717, 1.165) is 5.56 Å². The molecular weight excluding hydrogens is 328 g/mol. The third-order valence-electron chi connectivity index (χ3n) is 3.32. The van der Waals surface area contributed by atoms with Gasteiger partial charge in [0.05, 0.1) is 18.2 Å². The summed E-state index contributed by atoms with van der Waals surface area (Å²) in [6.07, 6.45) is -0.0265. The first-order valence-electron chi connectivity index (χ1n) is 8.36. The second-order valence-electron chi connectivity index (χ2n) is 6.67. The minimum atomic E-state index is -0.712. The Morgan fingerprint density at radius 3 is 2.31 bits per heavy atom. The van der Waals surface area contributed by atoms with Gasteiger partial charge in [0.1, 0.15) is 5.60 Å². The number of rotatable bonds is 4. The quantitative estimate of drug-likeness (QED) is 0.601. The van der Waals surface area contributed by atoms with E-state index in [1.165, 1.54) is 0 Å². The number of benzene rings is 2. The SMILES string of the molecule is CC(C)(C)OC(=O)/N=C(/OCCc1ccccc1)c1ccc(C#N)cc1. The van der Waals surface area contributed by atoms with E-state index < -0.39 is 11.7 Å². The van der Waals surface area contributed by atoms with Gasteiger partial charge in [-0.05, 0) is 50.6 Å². The van der Waals surface area contributed by atoms with Crippen molar-refractivity contribution in [2.24, 2.45) is 4.99 Å². The fraction of sp³-hybridized carbons (Fsp3) is 0.286. The van der Waals surface area contributed by atoms with Crippen molar-refractivity contribution in [1.82, 2.24) is 0 Å². The Balaban J connectivity index is 2.14. The molecule has 26 heavy (non-hydrogen) atoms. The Kier molecular flexibility index (Phi) is 6.51. The van der Waals surface area contributed by atoms with Crippen LogP contribution >= 0.6 is 0 Å². The molecule has 0 aliphatic rings. The van der Waals surface area contributed by atoms with Crippen LogP contribution in [0.4, 0.5) is 4.79 Å². The summed E-state index contributed by atoms with van der Waals surface area (Å²) in [4.78, 5) is 16.0. The number of nitriles is 1. The molecule has 0 N–H and O–H groups in total. The molecule has 0 spiro atoms. The van der Waals surface area contributed by atoms with E-state index in [1.807, 2.05) is 30.3 Å². The van der Waals surface area contributed by atoms with Gasteiger partial charge in [-0.15, -0.1) is 4.99 Å². The maximum absolute atomic E-state index is 12.1. The van der Waals surface area contributed by atoms with E-state index in [1.54, 1.807) is 45.0 Å². The van der Waals surface area contributed by atoms with Crippen LogP contribution in [0.2, 0.25) is 0 Å². The predicted octanol–water partition coefficient (Wildman–Crippen LogP) is 4.50. The Bertz CT molecular complexity index is 798. The van der Waals surface area contributed by atoms with E-state index in [2.05, 4.69) is 11.1 Å². The van der Waals surface area contributed by atoms with Crippen molar-refractivity contribution in [3.63, 3.8) is 0 Å². The van der Waals surface area contributed by atoms with Crippen LogP contribution in [-0.4, -0.2) is 24.2 Å². The first-order chi connectivity index (χ1) is 12.4. The third-order valence-corrected chi connectivity index (χ3v) is 3.32. The van der Waals surface area contributed by atoms with Crippen LogP contribution in [-0.2, 0) is 15.9 Å². The summed E-state index contributed by atoms with van der Waals surface area (Å²) in [7, 11) is 0. The summed E-state index contributed by atoms with van der Waals surface area (Å²) >= 11 is 0. The highest BCUT2D eigenvalue weighted by Crippen LogP contribution is 2.11. The largest absolute Gasteiger partial charge is 0.477 e. The average Bonchev–Trinajstić information content (AvgIpc) is 2.60. The Morgan fingerprint density at radius 1 is 1.08 bits per heavy atom. The van der Waals surface area contributed by atoms with E-state index in [4.69, 9.17) is 14.7 Å². The molecule has 0 aromatic heterocycles. The molecule has 5 heteroatoms. The van der Waals surface area contributed by atoms with Gasteiger partial charge in [0.25, 0.3) is 0 Å². The fourth-order valence-electron chi connectivity index (χ4n) is 2.15. The molecule has 0 heterocycles. The van der Waals surface area contributed by atoms with Crippen molar-refractivity contribution in [3.8, 4) is 6.07 Å². The Hall–Kier alpha value is -3.13. The number of aliphatic imine (C=N–C) groups is 1. The van der Waals surface area contributed by atoms with Crippen LogP contribution in [0.15, 0.2) is 59.6 Å². The van der Waals surface area contributed by atoms with Crippen LogP contribution < -0.4 is 0 Å². The molecule has 1 amide bonds. The number of carbonyl (C=O) groups excluding carboxylic acids is 1. The standard InChI is InChI=1S/C21H22N2O3/c1-21(2,3)26-20(24)23-19(18-11-9-17(15-22)10-12-18)25-14-13-16-7-5-4-6-8-16/h4-12H,13-14H2,1-3H3/b23-19+. The average molecular weight is 350 g/mol. The lowest BCUT2D eigenvalue weighted by Gasteiger charge is -2.18. The summed E-state index contributed by atoms with van der Waals surface area (Å²) in [5, 5.41) is 8.92. The van der Waals surface area contributed by atoms with Crippen LogP contribution in [0.3, 0.4) is 0 Å². The molecule has 0 fully saturated rings. The zero-order valence-electron chi connectivity index (χ0n) is 15.2. The van der Waals surface area contributed by atoms with Gasteiger partial charge < -0.3 is 9.47 Å². The molecule has 5 nitrogen and oxygen atoms in total. The Morgan fingerprint density at radius 2 is 1.73 bits per heavy atom. The minimum absolute atomic E-state index is 0.180. The molecule has 0 bridgehead atoms. The maximum atomic E-state index is 12.1. The van der Waals surface area contributed by atoms with E-state index in [-0.39, 0.29) is 5.90 Å². The maximum Gasteiger partial charge on any atom is 0.437 e. The molecule has 134 valence electrons. The summed E-state index contributed by atoms with van der Waals surface area (Å²) < 4.78 is 11.0. The van der Waals surface area contributed by atoms with Crippen LogP contribution in [0.5, 0.6) is 0 Å². The lowest BCUT2D eigenvalue weighted by Crippen LogP contribution is -2.23. The fourth-order valence-corrected chi connectivity index (χ4v) is 2.15. The first kappa shape index (κ1) is 19.2. The topological polar surface area (TPSA) is 71.7 Å². The Labute approximate surface area is 153 Å². The van der Waals surface area contributed by atoms with Crippen LogP contribution in [0.25, 0.3) is 0 Å². The monoisotopic (exact) mass is 350 g/mol. The van der Waals surface area contributed by atoms with Gasteiger partial charge in [-0.2, -0.15) is 5.26 Å². The first-order valence-corrected chi connectivity index (χ1v) is 8.36. The molecule has 2 rings (SSSR count). The minimum Gasteiger partial charge on any atom is -0.477 e. The number of hydrogen-bond donors (Lipinski definition) is 0. The van der Waals surface area contributed by atoms with Gasteiger partial charge in [0.2, 0.25) is 5.90 Å². The number of carbonyl (C=O) groups is 1. The van der Waals surface area contributed by atoms with Crippen molar-refractivity contribution in [3.05, 3.63) is 71.3 Å².